The van der Waals surface area contributed by atoms with Gasteiger partial charge in [-0.05, 0) is 56.5 Å². The lowest BCUT2D eigenvalue weighted by molar-refractivity contribution is -0.127. The Morgan fingerprint density at radius 1 is 1.00 bits per heavy atom. The third-order valence-electron chi connectivity index (χ3n) is 5.28. The first kappa shape index (κ1) is 24.4. The van der Waals surface area contributed by atoms with Crippen molar-refractivity contribution in [1.29, 1.82) is 0 Å². The number of para-hydroxylation sites is 1. The van der Waals surface area contributed by atoms with Crippen molar-refractivity contribution in [3.05, 3.63) is 59.7 Å². The maximum absolute atomic E-state index is 13.0. The van der Waals surface area contributed by atoms with Crippen LogP contribution >= 0.6 is 0 Å². The molecule has 3 amide bonds. The third kappa shape index (κ3) is 6.17. The van der Waals surface area contributed by atoms with Gasteiger partial charge in [0, 0.05) is 18.8 Å². The zero-order chi connectivity index (χ0) is 24.0. The molecule has 0 aliphatic carbocycles. The number of carbonyl (C=O) groups is 3. The van der Waals surface area contributed by atoms with Crippen LogP contribution in [-0.2, 0) is 19.6 Å². The van der Waals surface area contributed by atoms with Gasteiger partial charge in [0.1, 0.15) is 0 Å². The van der Waals surface area contributed by atoms with Crippen LogP contribution in [0.15, 0.2) is 53.4 Å². The van der Waals surface area contributed by atoms with Gasteiger partial charge in [-0.25, -0.2) is 18.0 Å². The van der Waals surface area contributed by atoms with Gasteiger partial charge in [0.25, 0.3) is 5.91 Å². The molecule has 1 aliphatic heterocycles. The zero-order valence-electron chi connectivity index (χ0n) is 18.5. The van der Waals surface area contributed by atoms with Crippen LogP contribution in [0.2, 0.25) is 0 Å². The number of aryl methyl sites for hydroxylation is 1. The summed E-state index contributed by atoms with van der Waals surface area (Å²) < 4.78 is 32.7. The lowest BCUT2D eigenvalue weighted by Crippen LogP contribution is -2.41. The summed E-state index contributed by atoms with van der Waals surface area (Å²) in [5.74, 6) is -1.68. The highest BCUT2D eigenvalue weighted by atomic mass is 32.2. The Labute approximate surface area is 193 Å². The average molecular weight is 474 g/mol. The maximum atomic E-state index is 13.0. The molecule has 1 fully saturated rings. The first-order valence-corrected chi connectivity index (χ1v) is 12.1. The summed E-state index contributed by atoms with van der Waals surface area (Å²) in [6, 6.07) is 12.0. The number of rotatable bonds is 6. The summed E-state index contributed by atoms with van der Waals surface area (Å²) in [6.45, 7) is 3.87. The van der Waals surface area contributed by atoms with Gasteiger partial charge in [0.05, 0.1) is 10.5 Å². The molecule has 2 aromatic carbocycles. The number of nitrogens with one attached hydrogen (secondary N) is 2. The highest BCUT2D eigenvalue weighted by Crippen LogP contribution is 2.24. The van der Waals surface area contributed by atoms with Gasteiger partial charge in [-0.3, -0.25) is 10.1 Å². The SMILES string of the molecule is Cc1ccc(C(=O)OC(C)C(=O)NC(=O)Nc2ccccc2)cc1S(=O)(=O)N1CCCCC1. The number of carbonyl (C=O) groups excluding carboxylic acids is 3. The maximum Gasteiger partial charge on any atom is 0.338 e. The van der Waals surface area contributed by atoms with Crippen molar-refractivity contribution in [2.75, 3.05) is 18.4 Å². The van der Waals surface area contributed by atoms with E-state index in [2.05, 4.69) is 10.6 Å². The van der Waals surface area contributed by atoms with E-state index in [0.29, 0.717) is 24.3 Å². The first-order valence-electron chi connectivity index (χ1n) is 10.7. The molecular weight excluding hydrogens is 446 g/mol. The van der Waals surface area contributed by atoms with Crippen LogP contribution < -0.4 is 10.6 Å². The van der Waals surface area contributed by atoms with Crippen molar-refractivity contribution < 1.29 is 27.5 Å². The Morgan fingerprint density at radius 3 is 2.33 bits per heavy atom. The number of esters is 1. The Morgan fingerprint density at radius 2 is 1.67 bits per heavy atom. The van der Waals surface area contributed by atoms with Crippen molar-refractivity contribution in [2.24, 2.45) is 0 Å². The van der Waals surface area contributed by atoms with E-state index in [1.165, 1.54) is 29.4 Å². The molecule has 1 saturated heterocycles. The fourth-order valence-corrected chi connectivity index (χ4v) is 5.20. The molecule has 1 heterocycles. The van der Waals surface area contributed by atoms with Crippen LogP contribution in [0.3, 0.4) is 0 Å². The minimum atomic E-state index is -3.75. The second kappa shape index (κ2) is 10.6. The quantitative estimate of drug-likeness (QED) is 0.622. The molecule has 0 aromatic heterocycles. The molecule has 2 aromatic rings. The normalized spacial score (nSPS) is 15.3. The van der Waals surface area contributed by atoms with Gasteiger partial charge >= 0.3 is 12.0 Å². The number of benzene rings is 2. The van der Waals surface area contributed by atoms with E-state index in [1.807, 2.05) is 0 Å². The van der Waals surface area contributed by atoms with Crippen LogP contribution in [0.4, 0.5) is 10.5 Å². The van der Waals surface area contributed by atoms with Crippen molar-refractivity contribution in [3.63, 3.8) is 0 Å². The molecule has 2 N–H and O–H groups in total. The van der Waals surface area contributed by atoms with E-state index in [1.54, 1.807) is 37.3 Å². The number of ether oxygens (including phenoxy) is 1. The Balaban J connectivity index is 1.65. The van der Waals surface area contributed by atoms with Crippen LogP contribution in [0.5, 0.6) is 0 Å². The summed E-state index contributed by atoms with van der Waals surface area (Å²) >= 11 is 0. The van der Waals surface area contributed by atoms with E-state index in [-0.39, 0.29) is 10.5 Å². The fraction of sp³-hybridized carbons (Fsp3) is 0.348. The molecule has 0 radical (unpaired) electrons. The number of urea groups is 1. The number of sulfonamides is 1. The average Bonchev–Trinajstić information content (AvgIpc) is 2.80. The second-order valence-corrected chi connectivity index (χ2v) is 9.71. The second-order valence-electron chi connectivity index (χ2n) is 7.80. The molecule has 0 spiro atoms. The topological polar surface area (TPSA) is 122 Å². The Kier molecular flexibility index (Phi) is 7.83. The zero-order valence-corrected chi connectivity index (χ0v) is 19.4. The number of nitrogens with zero attached hydrogens (tertiary/aromatic N) is 1. The lowest BCUT2D eigenvalue weighted by atomic mass is 10.1. The molecule has 10 heteroatoms. The summed E-state index contributed by atoms with van der Waals surface area (Å²) in [4.78, 5) is 36.8. The number of amides is 3. The monoisotopic (exact) mass is 473 g/mol. The first-order chi connectivity index (χ1) is 15.7. The fourth-order valence-electron chi connectivity index (χ4n) is 3.43. The molecule has 9 nitrogen and oxygen atoms in total. The molecule has 1 unspecified atom stereocenters. The molecule has 3 rings (SSSR count). The van der Waals surface area contributed by atoms with Crippen molar-refractivity contribution in [3.8, 4) is 0 Å². The highest BCUT2D eigenvalue weighted by Gasteiger charge is 2.29. The van der Waals surface area contributed by atoms with Crippen molar-refractivity contribution in [1.82, 2.24) is 9.62 Å². The Bertz CT molecular complexity index is 1130. The number of imide groups is 1. The molecule has 1 aliphatic rings. The van der Waals surface area contributed by atoms with Crippen molar-refractivity contribution >= 4 is 33.6 Å². The molecular formula is C23H27N3O6S. The predicted octanol–water partition coefficient (Wildman–Crippen LogP) is 3.06. The van der Waals surface area contributed by atoms with Gasteiger partial charge in [-0.2, -0.15) is 4.31 Å². The van der Waals surface area contributed by atoms with Gasteiger partial charge in [0.15, 0.2) is 6.10 Å². The van der Waals surface area contributed by atoms with Crippen LogP contribution in [0.1, 0.15) is 42.1 Å². The summed E-state index contributed by atoms with van der Waals surface area (Å²) in [6.07, 6.45) is 1.30. The van der Waals surface area contributed by atoms with Crippen LogP contribution in [0, 0.1) is 6.92 Å². The highest BCUT2D eigenvalue weighted by molar-refractivity contribution is 7.89. The summed E-state index contributed by atoms with van der Waals surface area (Å²) in [7, 11) is -3.75. The minimum absolute atomic E-state index is 0.00423. The smallest absolute Gasteiger partial charge is 0.338 e. The lowest BCUT2D eigenvalue weighted by Gasteiger charge is -2.26. The Hall–Kier alpha value is -3.24. The van der Waals surface area contributed by atoms with Crippen LogP contribution in [-0.4, -0.2) is 49.8 Å². The molecule has 176 valence electrons. The third-order valence-corrected chi connectivity index (χ3v) is 7.32. The molecule has 0 saturated carbocycles. The van der Waals surface area contributed by atoms with Gasteiger partial charge in [0.2, 0.25) is 10.0 Å². The molecule has 1 atom stereocenters. The predicted molar refractivity (Wildman–Crippen MR) is 122 cm³/mol. The molecule has 33 heavy (non-hydrogen) atoms. The van der Waals surface area contributed by atoms with Crippen LogP contribution in [0.25, 0.3) is 0 Å². The summed E-state index contributed by atoms with van der Waals surface area (Å²) in [5, 5.41) is 4.60. The van der Waals surface area contributed by atoms with E-state index in [9.17, 15) is 22.8 Å². The number of piperidine rings is 1. The van der Waals surface area contributed by atoms with E-state index >= 15 is 0 Å². The minimum Gasteiger partial charge on any atom is -0.449 e. The largest absolute Gasteiger partial charge is 0.449 e. The van der Waals surface area contributed by atoms with Gasteiger partial charge in [-0.15, -0.1) is 0 Å². The van der Waals surface area contributed by atoms with E-state index in [0.717, 1.165) is 19.3 Å². The van der Waals surface area contributed by atoms with E-state index in [4.69, 9.17) is 4.74 Å². The number of hydrogen-bond donors (Lipinski definition) is 2. The molecule has 0 bridgehead atoms. The number of anilines is 1. The standard InChI is InChI=1S/C23H27N3O6S/c1-16-11-12-18(15-20(16)33(30,31)26-13-7-4-8-14-26)22(28)32-17(2)21(27)25-23(29)24-19-9-5-3-6-10-19/h3,5-6,9-12,15,17H,4,7-8,13-14H2,1-2H3,(H2,24,25,27,29). The number of hydrogen-bond acceptors (Lipinski definition) is 6. The van der Waals surface area contributed by atoms with E-state index < -0.39 is 34.0 Å². The summed E-state index contributed by atoms with van der Waals surface area (Å²) in [5.41, 5.74) is 1.01. The van der Waals surface area contributed by atoms with Crippen molar-refractivity contribution in [2.45, 2.75) is 44.1 Å². The van der Waals surface area contributed by atoms with Gasteiger partial charge < -0.3 is 10.1 Å². The van der Waals surface area contributed by atoms with Gasteiger partial charge in [-0.1, -0.05) is 30.7 Å².